The van der Waals surface area contributed by atoms with Crippen molar-refractivity contribution in [3.05, 3.63) is 0 Å². The van der Waals surface area contributed by atoms with Gasteiger partial charge in [-0.25, -0.2) is 4.57 Å². The van der Waals surface area contributed by atoms with Crippen LogP contribution in [0.2, 0.25) is 0 Å². The minimum absolute atomic E-state index is 0. The first-order chi connectivity index (χ1) is 2.00. The Kier molecular flexibility index (Phi) is 23.8. The average Bonchev–Trinajstić information content (AvgIpc) is 0.722. The molecule has 0 aliphatic rings. The van der Waals surface area contributed by atoms with E-state index >= 15 is 0 Å². The molecule has 0 heterocycles. The first kappa shape index (κ1) is 22.8. The van der Waals surface area contributed by atoms with Crippen LogP contribution in [0.15, 0.2) is 0 Å². The van der Waals surface area contributed by atoms with Crippen LogP contribution in [0.4, 0.5) is 4.70 Å². The average molecular weight is 174 g/mol. The summed E-state index contributed by atoms with van der Waals surface area (Å²) in [5.74, 6) is 0. The quantitative estimate of drug-likeness (QED) is 0.310. The summed E-state index contributed by atoms with van der Waals surface area (Å²) in [4.78, 5) is 21.6. The zero-order valence-corrected chi connectivity index (χ0v) is 5.56. The second-order valence-electron chi connectivity index (χ2n) is 0.513. The Bertz CT molecular complexity index is 62.2. The third-order valence-corrected chi connectivity index (χ3v) is 0. The summed E-state index contributed by atoms with van der Waals surface area (Å²) in [5.41, 5.74) is 0. The second-order valence-corrected chi connectivity index (χ2v) is 1.54. The van der Waals surface area contributed by atoms with Gasteiger partial charge in [0.1, 0.15) is 0 Å². The molecule has 0 bridgehead atoms. The first-order valence-electron chi connectivity index (χ1n) is 0.783. The zero-order valence-electron chi connectivity index (χ0n) is 3.11. The maximum Gasteiger partial charge on any atom is 0 e. The Morgan fingerprint density at radius 3 is 1.12 bits per heavy atom. The molecule has 8 heteroatoms. The molecule has 0 saturated heterocycles. The number of phosphoric acid groups is 1. The molecule has 0 aliphatic heterocycles. The monoisotopic (exact) mass is 174 g/mol. The SMILES string of the molecule is F.O=P(O)(O)O.[LiH].[Ti]. The Morgan fingerprint density at radius 1 is 1.12 bits per heavy atom. The van der Waals surface area contributed by atoms with E-state index in [1.165, 1.54) is 0 Å². The van der Waals surface area contributed by atoms with E-state index < -0.39 is 7.82 Å². The van der Waals surface area contributed by atoms with Gasteiger partial charge >= 0.3 is 26.7 Å². The fourth-order valence-electron chi connectivity index (χ4n) is 0. The van der Waals surface area contributed by atoms with Crippen molar-refractivity contribution < 1.29 is 45.7 Å². The van der Waals surface area contributed by atoms with E-state index in [-0.39, 0.29) is 45.3 Å². The minimum Gasteiger partial charge on any atom is 0 e. The van der Waals surface area contributed by atoms with Crippen molar-refractivity contribution in [2.45, 2.75) is 0 Å². The molecule has 0 spiro atoms. The maximum atomic E-state index is 8.88. The van der Waals surface area contributed by atoms with Gasteiger partial charge in [0, 0.05) is 21.7 Å². The number of hydrogen-bond donors (Lipinski definition) is 3. The van der Waals surface area contributed by atoms with Crippen molar-refractivity contribution in [2.24, 2.45) is 0 Å². The van der Waals surface area contributed by atoms with Gasteiger partial charge in [-0.05, 0) is 0 Å². The molecule has 46 valence electrons. The van der Waals surface area contributed by atoms with Gasteiger partial charge < -0.3 is 14.7 Å². The third-order valence-electron chi connectivity index (χ3n) is 0. The van der Waals surface area contributed by atoms with Gasteiger partial charge in [0.05, 0.1) is 0 Å². The van der Waals surface area contributed by atoms with Crippen molar-refractivity contribution in [3.8, 4) is 0 Å². The summed E-state index contributed by atoms with van der Waals surface area (Å²) in [7, 11) is -4.64. The number of rotatable bonds is 0. The molecule has 0 aliphatic carbocycles. The van der Waals surface area contributed by atoms with Crippen LogP contribution in [0.5, 0.6) is 0 Å². The Labute approximate surface area is 72.3 Å². The molecule has 0 fully saturated rings. The normalized spacial score (nSPS) is 7.38. The molecule has 0 unspecified atom stereocenters. The molecule has 0 saturated carbocycles. The van der Waals surface area contributed by atoms with Crippen LogP contribution in [0.3, 0.4) is 0 Å². The molecule has 0 aromatic carbocycles. The second kappa shape index (κ2) is 8.35. The molecule has 0 atom stereocenters. The van der Waals surface area contributed by atoms with E-state index in [0.717, 1.165) is 0 Å². The fraction of sp³-hybridized carbons (Fsp3) is 0. The van der Waals surface area contributed by atoms with E-state index in [4.69, 9.17) is 19.2 Å². The van der Waals surface area contributed by atoms with E-state index in [2.05, 4.69) is 0 Å². The van der Waals surface area contributed by atoms with Gasteiger partial charge in [0.15, 0.2) is 0 Å². The van der Waals surface area contributed by atoms with Gasteiger partial charge in [-0.3, -0.25) is 4.70 Å². The molecule has 8 heavy (non-hydrogen) atoms. The van der Waals surface area contributed by atoms with E-state index in [1.54, 1.807) is 0 Å². The van der Waals surface area contributed by atoms with Crippen LogP contribution in [0.1, 0.15) is 0 Å². The maximum absolute atomic E-state index is 8.88. The van der Waals surface area contributed by atoms with Crippen LogP contribution in [-0.2, 0) is 26.3 Å². The van der Waals surface area contributed by atoms with Crippen molar-refractivity contribution in [2.75, 3.05) is 0 Å². The van der Waals surface area contributed by atoms with E-state index in [9.17, 15) is 0 Å². The summed E-state index contributed by atoms with van der Waals surface area (Å²) in [6.07, 6.45) is 0. The Balaban J connectivity index is -0.0000000267. The molecule has 0 rings (SSSR count). The minimum atomic E-state index is -4.64. The molecule has 0 aromatic rings. The van der Waals surface area contributed by atoms with Gasteiger partial charge in [0.25, 0.3) is 0 Å². The topological polar surface area (TPSA) is 77.8 Å². The van der Waals surface area contributed by atoms with Crippen LogP contribution in [0.25, 0.3) is 0 Å². The molecule has 0 radical (unpaired) electrons. The smallest absolute Gasteiger partial charge is 0 e. The summed E-state index contributed by atoms with van der Waals surface area (Å²) in [6, 6.07) is 0. The van der Waals surface area contributed by atoms with Crippen LogP contribution >= 0.6 is 7.82 Å². The molecule has 0 amide bonds. The summed E-state index contributed by atoms with van der Waals surface area (Å²) < 4.78 is 8.88. The van der Waals surface area contributed by atoms with Crippen molar-refractivity contribution >= 4 is 26.7 Å². The molecule has 3 N–H and O–H groups in total. The summed E-state index contributed by atoms with van der Waals surface area (Å²) in [6.45, 7) is 0. The predicted octanol–water partition coefficient (Wildman–Crippen LogP) is -1.43. The van der Waals surface area contributed by atoms with E-state index in [1.807, 2.05) is 0 Å². The van der Waals surface area contributed by atoms with Crippen LogP contribution in [-0.4, -0.2) is 33.5 Å². The molecule has 0 aromatic heterocycles. The van der Waals surface area contributed by atoms with Gasteiger partial charge in [-0.1, -0.05) is 0 Å². The summed E-state index contributed by atoms with van der Waals surface area (Å²) in [5, 5.41) is 0. The number of halogens is 1. The third kappa shape index (κ3) is 162. The fourth-order valence-corrected chi connectivity index (χ4v) is 0. The predicted molar refractivity (Wildman–Crippen MR) is 23.9 cm³/mol. The molecular weight excluding hydrogens is 169 g/mol. The Hall–Kier alpha value is 1.35. The van der Waals surface area contributed by atoms with Crippen molar-refractivity contribution in [3.63, 3.8) is 0 Å². The Morgan fingerprint density at radius 2 is 1.12 bits per heavy atom. The molecular formula is H5FLiO4PTi. The number of hydrogen-bond acceptors (Lipinski definition) is 1. The summed E-state index contributed by atoms with van der Waals surface area (Å²) >= 11 is 0. The van der Waals surface area contributed by atoms with Gasteiger partial charge in [-0.2, -0.15) is 0 Å². The molecule has 4 nitrogen and oxygen atoms in total. The standard InChI is InChI=1S/FH.Li.H3O4P.Ti.H/c;;1-5(2,3)4;;/h1H;;(H3,1,2,3,4);;. The largest absolute Gasteiger partial charge is 0 e. The van der Waals surface area contributed by atoms with Gasteiger partial charge in [-0.15, -0.1) is 0 Å². The first-order valence-corrected chi connectivity index (χ1v) is 2.35. The van der Waals surface area contributed by atoms with Crippen LogP contribution in [0, 0.1) is 0 Å². The van der Waals surface area contributed by atoms with Crippen LogP contribution < -0.4 is 0 Å². The van der Waals surface area contributed by atoms with Crippen molar-refractivity contribution in [1.82, 2.24) is 0 Å². The zero-order chi connectivity index (χ0) is 4.50. The van der Waals surface area contributed by atoms with E-state index in [0.29, 0.717) is 0 Å². The van der Waals surface area contributed by atoms with Crippen molar-refractivity contribution in [1.29, 1.82) is 0 Å². The van der Waals surface area contributed by atoms with Gasteiger partial charge in [0.2, 0.25) is 0 Å².